The van der Waals surface area contributed by atoms with Crippen LogP contribution in [0.1, 0.15) is 26.2 Å². The number of carbonyl (C=O) groups excluding carboxylic acids is 1. The van der Waals surface area contributed by atoms with Crippen LogP contribution in [-0.4, -0.2) is 26.1 Å². The Hall–Kier alpha value is -1.55. The first-order valence-electron chi connectivity index (χ1n) is 6.38. The van der Waals surface area contributed by atoms with Crippen molar-refractivity contribution in [2.45, 2.75) is 26.2 Å². The van der Waals surface area contributed by atoms with Crippen molar-refractivity contribution in [2.24, 2.45) is 5.73 Å². The minimum absolute atomic E-state index is 0.121. The molecule has 0 aliphatic carbocycles. The van der Waals surface area contributed by atoms with E-state index in [4.69, 9.17) is 10.5 Å². The van der Waals surface area contributed by atoms with Crippen molar-refractivity contribution < 1.29 is 9.53 Å². The average molecular weight is 250 g/mol. The second-order valence-corrected chi connectivity index (χ2v) is 4.11. The molecule has 2 N–H and O–H groups in total. The number of para-hydroxylation sites is 2. The Kier molecular flexibility index (Phi) is 6.22. The number of hydrogen-bond donors (Lipinski definition) is 1. The minimum atomic E-state index is 0.121. The highest BCUT2D eigenvalue weighted by molar-refractivity contribution is 5.94. The van der Waals surface area contributed by atoms with Gasteiger partial charge in [-0.2, -0.15) is 0 Å². The number of amides is 1. The zero-order valence-corrected chi connectivity index (χ0v) is 11.2. The largest absolute Gasteiger partial charge is 0.495 e. The molecule has 0 heterocycles. The quantitative estimate of drug-likeness (QED) is 0.807. The summed E-state index contributed by atoms with van der Waals surface area (Å²) in [6, 6.07) is 7.58. The van der Waals surface area contributed by atoms with Gasteiger partial charge in [0.2, 0.25) is 5.91 Å². The summed E-state index contributed by atoms with van der Waals surface area (Å²) in [5, 5.41) is 0. The molecule has 0 atom stereocenters. The van der Waals surface area contributed by atoms with Gasteiger partial charge in [0.15, 0.2) is 0 Å². The van der Waals surface area contributed by atoms with Gasteiger partial charge in [-0.25, -0.2) is 0 Å². The summed E-state index contributed by atoms with van der Waals surface area (Å²) in [6.07, 6.45) is 2.17. The molecule has 100 valence electrons. The lowest BCUT2D eigenvalue weighted by Gasteiger charge is -2.24. The smallest absolute Gasteiger partial charge is 0.227 e. The van der Waals surface area contributed by atoms with E-state index >= 15 is 0 Å². The van der Waals surface area contributed by atoms with E-state index in [0.717, 1.165) is 24.3 Å². The van der Waals surface area contributed by atoms with E-state index in [1.807, 2.05) is 31.2 Å². The summed E-state index contributed by atoms with van der Waals surface area (Å²) < 4.78 is 5.31. The third kappa shape index (κ3) is 3.74. The summed E-state index contributed by atoms with van der Waals surface area (Å²) in [5.74, 6) is 0.842. The molecule has 0 aliphatic heterocycles. The van der Waals surface area contributed by atoms with E-state index in [0.29, 0.717) is 19.5 Å². The molecule has 0 spiro atoms. The van der Waals surface area contributed by atoms with Crippen LogP contribution in [0.2, 0.25) is 0 Å². The summed E-state index contributed by atoms with van der Waals surface area (Å²) in [7, 11) is 1.62. The number of anilines is 1. The fourth-order valence-electron chi connectivity index (χ4n) is 1.83. The Morgan fingerprint density at radius 1 is 1.39 bits per heavy atom. The highest BCUT2D eigenvalue weighted by Crippen LogP contribution is 2.28. The van der Waals surface area contributed by atoms with E-state index in [1.165, 1.54) is 0 Å². The van der Waals surface area contributed by atoms with Crippen LogP contribution in [0.3, 0.4) is 0 Å². The Labute approximate surface area is 109 Å². The summed E-state index contributed by atoms with van der Waals surface area (Å²) in [5.41, 5.74) is 6.36. The molecule has 4 nitrogen and oxygen atoms in total. The van der Waals surface area contributed by atoms with Gasteiger partial charge in [0.05, 0.1) is 12.8 Å². The summed E-state index contributed by atoms with van der Waals surface area (Å²) >= 11 is 0. The monoisotopic (exact) mass is 250 g/mol. The highest BCUT2D eigenvalue weighted by Gasteiger charge is 2.17. The van der Waals surface area contributed by atoms with Gasteiger partial charge >= 0.3 is 0 Å². The molecular formula is C14H22N2O2. The average Bonchev–Trinajstić information content (AvgIpc) is 2.40. The number of ether oxygens (including phenoxy) is 1. The Balaban J connectivity index is 2.96. The van der Waals surface area contributed by atoms with Gasteiger partial charge in [-0.05, 0) is 31.5 Å². The SMILES string of the molecule is CCCC(=O)N(CCCN)c1ccccc1OC. The maximum absolute atomic E-state index is 12.1. The molecule has 1 aromatic carbocycles. The maximum atomic E-state index is 12.1. The van der Waals surface area contributed by atoms with Gasteiger partial charge in [0, 0.05) is 13.0 Å². The van der Waals surface area contributed by atoms with Gasteiger partial charge < -0.3 is 15.4 Å². The van der Waals surface area contributed by atoms with Crippen molar-refractivity contribution in [1.82, 2.24) is 0 Å². The summed E-state index contributed by atoms with van der Waals surface area (Å²) in [6.45, 7) is 3.21. The topological polar surface area (TPSA) is 55.6 Å². The molecule has 0 aromatic heterocycles. The van der Waals surface area contributed by atoms with E-state index < -0.39 is 0 Å². The lowest BCUT2D eigenvalue weighted by atomic mass is 10.2. The fourth-order valence-corrected chi connectivity index (χ4v) is 1.83. The number of nitrogens with two attached hydrogens (primary N) is 1. The lowest BCUT2D eigenvalue weighted by molar-refractivity contribution is -0.118. The van der Waals surface area contributed by atoms with Gasteiger partial charge in [0.25, 0.3) is 0 Å². The predicted octanol–water partition coefficient (Wildman–Crippen LogP) is 2.18. The molecule has 0 unspecified atom stereocenters. The van der Waals surface area contributed by atoms with E-state index in [2.05, 4.69) is 0 Å². The standard InChI is InChI=1S/C14H22N2O2/c1-3-7-14(17)16(11-6-10-15)12-8-4-5-9-13(12)18-2/h4-5,8-9H,3,6-7,10-11,15H2,1-2H3. The Morgan fingerprint density at radius 3 is 2.72 bits per heavy atom. The first-order valence-corrected chi connectivity index (χ1v) is 6.38. The Bertz CT molecular complexity index is 380. The van der Waals surface area contributed by atoms with Crippen molar-refractivity contribution in [1.29, 1.82) is 0 Å². The highest BCUT2D eigenvalue weighted by atomic mass is 16.5. The van der Waals surface area contributed by atoms with Crippen molar-refractivity contribution in [3.63, 3.8) is 0 Å². The molecule has 4 heteroatoms. The molecule has 1 aromatic rings. The minimum Gasteiger partial charge on any atom is -0.495 e. The zero-order valence-electron chi connectivity index (χ0n) is 11.2. The van der Waals surface area contributed by atoms with Gasteiger partial charge in [-0.1, -0.05) is 19.1 Å². The maximum Gasteiger partial charge on any atom is 0.227 e. The molecule has 0 saturated carbocycles. The normalized spacial score (nSPS) is 10.2. The van der Waals surface area contributed by atoms with Crippen LogP contribution in [0.25, 0.3) is 0 Å². The first kappa shape index (κ1) is 14.5. The third-order valence-corrected chi connectivity index (χ3v) is 2.73. The van der Waals surface area contributed by atoms with Gasteiger partial charge in [-0.3, -0.25) is 4.79 Å². The zero-order chi connectivity index (χ0) is 13.4. The van der Waals surface area contributed by atoms with Crippen molar-refractivity contribution in [3.05, 3.63) is 24.3 Å². The molecule has 1 amide bonds. The second-order valence-electron chi connectivity index (χ2n) is 4.11. The van der Waals surface area contributed by atoms with Crippen LogP contribution in [0.4, 0.5) is 5.69 Å². The van der Waals surface area contributed by atoms with E-state index in [9.17, 15) is 4.79 Å². The molecule has 0 bridgehead atoms. The van der Waals surface area contributed by atoms with Crippen molar-refractivity contribution in [2.75, 3.05) is 25.1 Å². The molecule has 0 fully saturated rings. The Morgan fingerprint density at radius 2 is 2.11 bits per heavy atom. The molecule has 0 aliphatic rings. The van der Waals surface area contributed by atoms with Crippen molar-refractivity contribution >= 4 is 11.6 Å². The molecular weight excluding hydrogens is 228 g/mol. The first-order chi connectivity index (χ1) is 8.74. The van der Waals surface area contributed by atoms with Crippen LogP contribution < -0.4 is 15.4 Å². The van der Waals surface area contributed by atoms with E-state index in [-0.39, 0.29) is 5.91 Å². The number of hydrogen-bond acceptors (Lipinski definition) is 3. The predicted molar refractivity (Wildman–Crippen MR) is 73.9 cm³/mol. The molecule has 0 saturated heterocycles. The van der Waals surface area contributed by atoms with Crippen LogP contribution in [0, 0.1) is 0 Å². The second kappa shape index (κ2) is 7.71. The number of carbonyl (C=O) groups is 1. The van der Waals surface area contributed by atoms with Crippen LogP contribution in [0.15, 0.2) is 24.3 Å². The number of rotatable bonds is 7. The molecule has 18 heavy (non-hydrogen) atoms. The summed E-state index contributed by atoms with van der Waals surface area (Å²) in [4.78, 5) is 13.9. The van der Waals surface area contributed by atoms with Gasteiger partial charge in [0.1, 0.15) is 5.75 Å². The molecule has 1 rings (SSSR count). The van der Waals surface area contributed by atoms with Gasteiger partial charge in [-0.15, -0.1) is 0 Å². The molecule has 0 radical (unpaired) electrons. The number of methoxy groups -OCH3 is 1. The van der Waals surface area contributed by atoms with E-state index in [1.54, 1.807) is 12.0 Å². The van der Waals surface area contributed by atoms with Crippen molar-refractivity contribution in [3.8, 4) is 5.75 Å². The third-order valence-electron chi connectivity index (χ3n) is 2.73. The van der Waals surface area contributed by atoms with Crippen LogP contribution in [-0.2, 0) is 4.79 Å². The lowest BCUT2D eigenvalue weighted by Crippen LogP contribution is -2.33. The fraction of sp³-hybridized carbons (Fsp3) is 0.500. The van der Waals surface area contributed by atoms with Crippen LogP contribution in [0.5, 0.6) is 5.75 Å². The number of benzene rings is 1. The number of nitrogens with zero attached hydrogens (tertiary/aromatic N) is 1. The van der Waals surface area contributed by atoms with Crippen LogP contribution >= 0.6 is 0 Å².